The molecule has 0 spiro atoms. The smallest absolute Gasteiger partial charge is 0.336 e. The summed E-state index contributed by atoms with van der Waals surface area (Å²) in [6.07, 6.45) is 1.88. The molecule has 1 fully saturated rings. The summed E-state index contributed by atoms with van der Waals surface area (Å²) in [6.45, 7) is 0.887. The van der Waals surface area contributed by atoms with Gasteiger partial charge in [-0.2, -0.15) is 0 Å². The average molecular weight is 445 g/mol. The topological polar surface area (TPSA) is 101 Å². The highest BCUT2D eigenvalue weighted by Crippen LogP contribution is 2.24. The summed E-state index contributed by atoms with van der Waals surface area (Å²) < 4.78 is 18.8. The predicted octanol–water partition coefficient (Wildman–Crippen LogP) is 1.53. The van der Waals surface area contributed by atoms with Crippen molar-refractivity contribution in [2.75, 3.05) is 27.4 Å². The number of fused-ring (bicyclic) bond motifs is 1. The van der Waals surface area contributed by atoms with E-state index >= 15 is 0 Å². The second-order valence-corrected chi connectivity index (χ2v) is 8.07. The molecule has 1 atom stereocenters. The van der Waals surface area contributed by atoms with Gasteiger partial charge in [0.05, 0.1) is 31.5 Å². The lowest BCUT2D eigenvalue weighted by molar-refractivity contribution is -0.122. The van der Waals surface area contributed by atoms with Crippen LogP contribution >= 0.6 is 11.3 Å². The molecule has 2 aromatic heterocycles. The van der Waals surface area contributed by atoms with Crippen molar-refractivity contribution < 1.29 is 19.0 Å². The first kappa shape index (κ1) is 21.1. The zero-order chi connectivity index (χ0) is 22.0. The zero-order valence-corrected chi connectivity index (χ0v) is 18.1. The van der Waals surface area contributed by atoms with Gasteiger partial charge in [-0.1, -0.05) is 0 Å². The lowest BCUT2D eigenvalue weighted by atomic mass is 10.2. The number of rotatable bonds is 7. The first-order valence-electron chi connectivity index (χ1n) is 9.86. The SMILES string of the molecule is COc1cc(OC)cc(-n2c(=O)c3sccc3n(CC(=O)NC[C@@H]3CCCO3)c2=O)c1. The van der Waals surface area contributed by atoms with E-state index in [2.05, 4.69) is 5.32 Å². The summed E-state index contributed by atoms with van der Waals surface area (Å²) in [5.74, 6) is 0.555. The van der Waals surface area contributed by atoms with Crippen molar-refractivity contribution >= 4 is 27.5 Å². The summed E-state index contributed by atoms with van der Waals surface area (Å²) in [5.41, 5.74) is -0.340. The number of thiophene rings is 1. The third-order valence-corrected chi connectivity index (χ3v) is 6.09. The van der Waals surface area contributed by atoms with Crippen LogP contribution in [0.4, 0.5) is 0 Å². The lowest BCUT2D eigenvalue weighted by Crippen LogP contribution is -2.42. The van der Waals surface area contributed by atoms with Crippen molar-refractivity contribution in [2.45, 2.75) is 25.5 Å². The van der Waals surface area contributed by atoms with Crippen molar-refractivity contribution in [3.05, 3.63) is 50.5 Å². The van der Waals surface area contributed by atoms with E-state index in [-0.39, 0.29) is 18.6 Å². The highest BCUT2D eigenvalue weighted by atomic mass is 32.1. The molecule has 164 valence electrons. The number of nitrogens with zero attached hydrogens (tertiary/aromatic N) is 2. The third-order valence-electron chi connectivity index (χ3n) is 5.20. The Balaban J connectivity index is 1.75. The molecule has 1 aromatic carbocycles. The Hall–Kier alpha value is -3.11. The van der Waals surface area contributed by atoms with E-state index in [4.69, 9.17) is 14.2 Å². The van der Waals surface area contributed by atoms with Crippen molar-refractivity contribution in [3.8, 4) is 17.2 Å². The van der Waals surface area contributed by atoms with Gasteiger partial charge in [-0.05, 0) is 24.3 Å². The van der Waals surface area contributed by atoms with E-state index in [1.165, 1.54) is 30.1 Å². The second kappa shape index (κ2) is 8.94. The standard InChI is InChI=1S/C21H23N3O6S/c1-28-15-8-13(9-16(10-15)29-2)24-20(26)19-17(5-7-31-19)23(21(24)27)12-18(25)22-11-14-4-3-6-30-14/h5,7-10,14H,3-4,6,11-12H2,1-2H3,(H,22,25)/t14-/m0/s1. The van der Waals surface area contributed by atoms with Crippen LogP contribution in [0.25, 0.3) is 15.9 Å². The Morgan fingerprint density at radius 2 is 1.97 bits per heavy atom. The molecule has 0 aliphatic carbocycles. The van der Waals surface area contributed by atoms with Crippen LogP contribution in [0.1, 0.15) is 12.8 Å². The number of hydrogen-bond acceptors (Lipinski definition) is 7. The monoisotopic (exact) mass is 445 g/mol. The maximum absolute atomic E-state index is 13.3. The molecule has 1 N–H and O–H groups in total. The molecule has 0 radical (unpaired) electrons. The third kappa shape index (κ3) is 4.21. The Bertz CT molecular complexity index is 1200. The Morgan fingerprint density at radius 1 is 1.23 bits per heavy atom. The van der Waals surface area contributed by atoms with Crippen LogP contribution in [0.3, 0.4) is 0 Å². The molecular formula is C21H23N3O6S. The van der Waals surface area contributed by atoms with Crippen LogP contribution in [0.5, 0.6) is 11.5 Å². The molecule has 0 bridgehead atoms. The van der Waals surface area contributed by atoms with Crippen LogP contribution in [0.15, 0.2) is 39.2 Å². The minimum Gasteiger partial charge on any atom is -0.497 e. The van der Waals surface area contributed by atoms with E-state index in [9.17, 15) is 14.4 Å². The van der Waals surface area contributed by atoms with E-state index in [0.717, 1.165) is 17.4 Å². The normalized spacial score (nSPS) is 15.9. The minimum absolute atomic E-state index is 0.0000376. The molecule has 0 unspecified atom stereocenters. The summed E-state index contributed by atoms with van der Waals surface area (Å²) >= 11 is 1.22. The lowest BCUT2D eigenvalue weighted by Gasteiger charge is -2.15. The van der Waals surface area contributed by atoms with Gasteiger partial charge in [-0.3, -0.25) is 14.2 Å². The fourth-order valence-corrected chi connectivity index (χ4v) is 4.45. The van der Waals surface area contributed by atoms with Crippen molar-refractivity contribution in [2.24, 2.45) is 0 Å². The molecule has 3 aromatic rings. The fourth-order valence-electron chi connectivity index (χ4n) is 3.62. The maximum Gasteiger partial charge on any atom is 0.336 e. The summed E-state index contributed by atoms with van der Waals surface area (Å²) in [7, 11) is 2.97. The minimum atomic E-state index is -0.613. The van der Waals surface area contributed by atoms with Gasteiger partial charge in [0.1, 0.15) is 22.7 Å². The van der Waals surface area contributed by atoms with Gasteiger partial charge >= 0.3 is 5.69 Å². The Morgan fingerprint density at radius 3 is 2.61 bits per heavy atom. The predicted molar refractivity (Wildman–Crippen MR) is 117 cm³/mol. The van der Waals surface area contributed by atoms with E-state index in [0.29, 0.717) is 40.6 Å². The van der Waals surface area contributed by atoms with Crippen LogP contribution < -0.4 is 26.0 Å². The van der Waals surface area contributed by atoms with Gasteiger partial charge in [0.25, 0.3) is 5.56 Å². The summed E-state index contributed by atoms with van der Waals surface area (Å²) in [5, 5.41) is 4.54. The number of amides is 1. The number of benzene rings is 1. The van der Waals surface area contributed by atoms with Gasteiger partial charge in [-0.25, -0.2) is 9.36 Å². The van der Waals surface area contributed by atoms with Crippen LogP contribution in [0.2, 0.25) is 0 Å². The Kier molecular flexibility index (Phi) is 6.10. The molecule has 9 nitrogen and oxygen atoms in total. The highest BCUT2D eigenvalue weighted by Gasteiger charge is 2.20. The molecule has 3 heterocycles. The first-order valence-corrected chi connectivity index (χ1v) is 10.7. The van der Waals surface area contributed by atoms with Gasteiger partial charge in [0.15, 0.2) is 0 Å². The van der Waals surface area contributed by atoms with Crippen molar-refractivity contribution in [1.29, 1.82) is 0 Å². The summed E-state index contributed by atoms with van der Waals surface area (Å²) in [4.78, 5) is 39.0. The van der Waals surface area contributed by atoms with E-state index in [1.807, 2.05) is 0 Å². The second-order valence-electron chi connectivity index (χ2n) is 7.15. The number of carbonyl (C=O) groups is 1. The molecule has 1 aliphatic rings. The van der Waals surface area contributed by atoms with Gasteiger partial charge < -0.3 is 19.5 Å². The summed E-state index contributed by atoms with van der Waals surface area (Å²) in [6, 6.07) is 6.47. The highest BCUT2D eigenvalue weighted by molar-refractivity contribution is 7.17. The molecule has 1 amide bonds. The molecule has 4 rings (SSSR count). The maximum atomic E-state index is 13.3. The number of carbonyl (C=O) groups excluding carboxylic acids is 1. The molecular weight excluding hydrogens is 422 g/mol. The van der Waals surface area contributed by atoms with Crippen LogP contribution in [-0.4, -0.2) is 48.5 Å². The number of methoxy groups -OCH3 is 2. The van der Waals surface area contributed by atoms with Crippen molar-refractivity contribution in [1.82, 2.24) is 14.5 Å². The average Bonchev–Trinajstić information content (AvgIpc) is 3.47. The Labute approximate surface area is 181 Å². The van der Waals surface area contributed by atoms with Gasteiger partial charge in [-0.15, -0.1) is 11.3 Å². The van der Waals surface area contributed by atoms with Crippen molar-refractivity contribution in [3.63, 3.8) is 0 Å². The zero-order valence-electron chi connectivity index (χ0n) is 17.3. The molecule has 0 saturated carbocycles. The fraction of sp³-hybridized carbons (Fsp3) is 0.381. The first-order chi connectivity index (χ1) is 15.0. The van der Waals surface area contributed by atoms with Crippen LogP contribution in [0, 0.1) is 0 Å². The molecule has 31 heavy (non-hydrogen) atoms. The van der Waals surface area contributed by atoms with Crippen LogP contribution in [-0.2, 0) is 16.1 Å². The largest absolute Gasteiger partial charge is 0.497 e. The van der Waals surface area contributed by atoms with Gasteiger partial charge in [0, 0.05) is 31.4 Å². The van der Waals surface area contributed by atoms with E-state index < -0.39 is 11.2 Å². The molecule has 1 aliphatic heterocycles. The number of nitrogens with one attached hydrogen (secondary N) is 1. The quantitative estimate of drug-likeness (QED) is 0.592. The number of ether oxygens (including phenoxy) is 3. The number of aromatic nitrogens is 2. The molecule has 1 saturated heterocycles. The van der Waals surface area contributed by atoms with Gasteiger partial charge in [0.2, 0.25) is 5.91 Å². The molecule has 10 heteroatoms. The van der Waals surface area contributed by atoms with E-state index in [1.54, 1.807) is 29.6 Å². The number of hydrogen-bond donors (Lipinski definition) is 1.